The Kier molecular flexibility index (Phi) is 4.82. The van der Waals surface area contributed by atoms with Gasteiger partial charge in [-0.25, -0.2) is 4.79 Å². The van der Waals surface area contributed by atoms with Crippen molar-refractivity contribution in [3.8, 4) is 0 Å². The highest BCUT2D eigenvalue weighted by Gasteiger charge is 2.40. The lowest BCUT2D eigenvalue weighted by molar-refractivity contribution is -0.138. The Morgan fingerprint density at radius 1 is 1.55 bits per heavy atom. The van der Waals surface area contributed by atoms with Crippen LogP contribution in [0.5, 0.6) is 0 Å². The number of H-pyrrole nitrogens is 1. The Morgan fingerprint density at radius 3 is 2.91 bits per heavy atom. The van der Waals surface area contributed by atoms with Gasteiger partial charge in [0.05, 0.1) is 11.6 Å². The number of piperidine rings is 1. The second-order valence-corrected chi connectivity index (χ2v) is 5.87. The first-order valence-electron chi connectivity index (χ1n) is 7.37. The fraction of sp³-hybridized carbons (Fsp3) is 0.643. The van der Waals surface area contributed by atoms with Gasteiger partial charge in [-0.05, 0) is 26.3 Å². The largest absolute Gasteiger partial charge is 0.388 e. The highest BCUT2D eigenvalue weighted by molar-refractivity contribution is 5.76. The Morgan fingerprint density at radius 2 is 2.27 bits per heavy atom. The van der Waals surface area contributed by atoms with E-state index in [0.717, 1.165) is 0 Å². The number of carbonyl (C=O) groups excluding carboxylic acids is 1. The summed E-state index contributed by atoms with van der Waals surface area (Å²) in [6, 6.07) is 0.625. The third-order valence-corrected chi connectivity index (χ3v) is 4.13. The molecular weight excluding hydrogens is 288 g/mol. The number of carbonyl (C=O) groups is 1. The van der Waals surface area contributed by atoms with Gasteiger partial charge in [-0.2, -0.15) is 0 Å². The average molecular weight is 310 g/mol. The van der Waals surface area contributed by atoms with E-state index >= 15 is 0 Å². The van der Waals surface area contributed by atoms with E-state index in [-0.39, 0.29) is 12.5 Å². The van der Waals surface area contributed by atoms with Gasteiger partial charge >= 0.3 is 5.69 Å². The van der Waals surface area contributed by atoms with Crippen molar-refractivity contribution in [1.29, 1.82) is 0 Å². The SMILES string of the molecule is C[C@@]1(O)CCN(C(=O)CCCN)C[C@H]1n1ccc(=O)[nH]c1=O. The number of nitrogens with one attached hydrogen (secondary N) is 1. The fourth-order valence-electron chi connectivity index (χ4n) is 2.72. The Bertz CT molecular complexity index is 649. The molecule has 0 unspecified atom stereocenters. The minimum absolute atomic E-state index is 0.0385. The van der Waals surface area contributed by atoms with Crippen LogP contribution in [0.2, 0.25) is 0 Å². The van der Waals surface area contributed by atoms with Gasteiger partial charge in [-0.15, -0.1) is 0 Å². The van der Waals surface area contributed by atoms with Crippen molar-refractivity contribution in [1.82, 2.24) is 14.5 Å². The number of aromatic amines is 1. The van der Waals surface area contributed by atoms with Crippen molar-refractivity contribution < 1.29 is 9.90 Å². The molecule has 1 aromatic rings. The third-order valence-electron chi connectivity index (χ3n) is 4.13. The van der Waals surface area contributed by atoms with Crippen molar-refractivity contribution in [3.63, 3.8) is 0 Å². The molecule has 8 nitrogen and oxygen atoms in total. The van der Waals surface area contributed by atoms with E-state index in [9.17, 15) is 19.5 Å². The number of nitrogens with two attached hydrogens (primary N) is 1. The van der Waals surface area contributed by atoms with Crippen molar-refractivity contribution >= 4 is 5.91 Å². The lowest BCUT2D eigenvalue weighted by Gasteiger charge is -2.43. The second-order valence-electron chi connectivity index (χ2n) is 5.87. The van der Waals surface area contributed by atoms with E-state index in [2.05, 4.69) is 4.98 Å². The molecule has 1 saturated heterocycles. The number of nitrogens with zero attached hydrogens (tertiary/aromatic N) is 2. The molecule has 1 aromatic heterocycles. The van der Waals surface area contributed by atoms with Crippen molar-refractivity contribution in [2.45, 2.75) is 37.8 Å². The zero-order chi connectivity index (χ0) is 16.3. The molecule has 0 spiro atoms. The number of likely N-dealkylation sites (tertiary alicyclic amines) is 1. The Labute approximate surface area is 127 Å². The van der Waals surface area contributed by atoms with Crippen LogP contribution in [0.3, 0.4) is 0 Å². The van der Waals surface area contributed by atoms with E-state index in [1.807, 2.05) is 0 Å². The Hall–Kier alpha value is -1.93. The van der Waals surface area contributed by atoms with Crippen molar-refractivity contribution in [2.24, 2.45) is 5.73 Å². The van der Waals surface area contributed by atoms with E-state index in [1.165, 1.54) is 16.8 Å². The van der Waals surface area contributed by atoms with Gasteiger partial charge in [0.2, 0.25) is 5.91 Å². The topological polar surface area (TPSA) is 121 Å². The summed E-state index contributed by atoms with van der Waals surface area (Å²) < 4.78 is 1.28. The number of amides is 1. The van der Waals surface area contributed by atoms with Gasteiger partial charge in [-0.3, -0.25) is 19.1 Å². The summed E-state index contributed by atoms with van der Waals surface area (Å²) >= 11 is 0. The monoisotopic (exact) mass is 310 g/mol. The molecule has 122 valence electrons. The summed E-state index contributed by atoms with van der Waals surface area (Å²) in [6.07, 6.45) is 2.67. The summed E-state index contributed by atoms with van der Waals surface area (Å²) in [4.78, 5) is 39.1. The summed E-state index contributed by atoms with van der Waals surface area (Å²) in [7, 11) is 0. The maximum absolute atomic E-state index is 12.1. The molecule has 1 amide bonds. The van der Waals surface area contributed by atoms with Crippen molar-refractivity contribution in [3.05, 3.63) is 33.1 Å². The lowest BCUT2D eigenvalue weighted by atomic mass is 9.88. The van der Waals surface area contributed by atoms with Gasteiger partial charge < -0.3 is 15.7 Å². The van der Waals surface area contributed by atoms with Gasteiger partial charge in [0.1, 0.15) is 0 Å². The molecule has 2 heterocycles. The highest BCUT2D eigenvalue weighted by atomic mass is 16.3. The van der Waals surface area contributed by atoms with Crippen LogP contribution in [0.4, 0.5) is 0 Å². The van der Waals surface area contributed by atoms with Crippen LogP contribution in [0.1, 0.15) is 32.2 Å². The van der Waals surface area contributed by atoms with Crippen LogP contribution in [-0.2, 0) is 4.79 Å². The molecule has 1 fully saturated rings. The second kappa shape index (κ2) is 6.45. The molecule has 8 heteroatoms. The molecule has 2 atom stereocenters. The van der Waals surface area contributed by atoms with Crippen LogP contribution < -0.4 is 17.0 Å². The van der Waals surface area contributed by atoms with Crippen LogP contribution in [0, 0.1) is 0 Å². The predicted octanol–water partition coefficient (Wildman–Crippen LogP) is -1.20. The number of aromatic nitrogens is 2. The Balaban J connectivity index is 2.25. The van der Waals surface area contributed by atoms with Gasteiger partial charge in [0, 0.05) is 31.8 Å². The number of rotatable bonds is 4. The smallest absolute Gasteiger partial charge is 0.328 e. The fourth-order valence-corrected chi connectivity index (χ4v) is 2.72. The molecule has 1 aliphatic rings. The van der Waals surface area contributed by atoms with E-state index in [1.54, 1.807) is 11.8 Å². The molecule has 2 rings (SSSR count). The normalized spacial score (nSPS) is 25.2. The highest BCUT2D eigenvalue weighted by Crippen LogP contribution is 2.30. The maximum Gasteiger partial charge on any atom is 0.328 e. The minimum Gasteiger partial charge on any atom is -0.388 e. The first kappa shape index (κ1) is 16.4. The molecule has 0 aliphatic carbocycles. The predicted molar refractivity (Wildman–Crippen MR) is 80.5 cm³/mol. The first-order valence-corrected chi connectivity index (χ1v) is 7.37. The van der Waals surface area contributed by atoms with Crippen LogP contribution in [-0.4, -0.2) is 50.7 Å². The first-order chi connectivity index (χ1) is 10.3. The summed E-state index contributed by atoms with van der Waals surface area (Å²) in [5.74, 6) is -0.0385. The molecule has 1 aliphatic heterocycles. The van der Waals surface area contributed by atoms with Crippen molar-refractivity contribution in [2.75, 3.05) is 19.6 Å². The molecule has 0 saturated carbocycles. The third kappa shape index (κ3) is 3.45. The van der Waals surface area contributed by atoms with Crippen LogP contribution >= 0.6 is 0 Å². The van der Waals surface area contributed by atoms with E-state index in [4.69, 9.17) is 5.73 Å². The summed E-state index contributed by atoms with van der Waals surface area (Å²) in [5, 5.41) is 10.5. The van der Waals surface area contributed by atoms with E-state index < -0.39 is 22.9 Å². The molecule has 0 bridgehead atoms. The zero-order valence-electron chi connectivity index (χ0n) is 12.6. The van der Waals surface area contributed by atoms with Crippen LogP contribution in [0.15, 0.2) is 21.9 Å². The maximum atomic E-state index is 12.1. The number of hydrogen-bond donors (Lipinski definition) is 3. The number of hydrogen-bond acceptors (Lipinski definition) is 5. The molecule has 0 aromatic carbocycles. The molecular formula is C14H22N4O4. The van der Waals surface area contributed by atoms with Gasteiger partial charge in [0.15, 0.2) is 0 Å². The standard InChI is InChI=1S/C14H22N4O4/c1-14(22)5-8-17(12(20)3-2-6-15)9-10(14)18-7-4-11(19)16-13(18)21/h4,7,10,22H,2-3,5-6,8-9,15H2,1H3,(H,16,19,21)/t10-,14-/m1/s1. The molecule has 0 radical (unpaired) electrons. The van der Waals surface area contributed by atoms with E-state index in [0.29, 0.717) is 32.4 Å². The van der Waals surface area contributed by atoms with Gasteiger partial charge in [-0.1, -0.05) is 0 Å². The quantitative estimate of drug-likeness (QED) is 0.645. The molecule has 22 heavy (non-hydrogen) atoms. The summed E-state index contributed by atoms with van der Waals surface area (Å²) in [5.41, 5.74) is 3.20. The van der Waals surface area contributed by atoms with Crippen LogP contribution in [0.25, 0.3) is 0 Å². The average Bonchev–Trinajstić information content (AvgIpc) is 2.45. The van der Waals surface area contributed by atoms with Gasteiger partial charge in [0.25, 0.3) is 5.56 Å². The molecule has 4 N–H and O–H groups in total. The summed E-state index contributed by atoms with van der Waals surface area (Å²) in [6.45, 7) is 2.74. The number of aliphatic hydroxyl groups is 1. The minimum atomic E-state index is -1.13. The lowest BCUT2D eigenvalue weighted by Crippen LogP contribution is -2.54. The zero-order valence-corrected chi connectivity index (χ0v) is 12.6.